The molecule has 1 aliphatic heterocycles. The number of methoxy groups -OCH3 is 1. The quantitative estimate of drug-likeness (QED) is 0.423. The molecule has 2 atom stereocenters. The smallest absolute Gasteiger partial charge is 0.255 e. The molecule has 0 radical (unpaired) electrons. The van der Waals surface area contributed by atoms with E-state index in [1.54, 1.807) is 13.0 Å². The van der Waals surface area contributed by atoms with Crippen LogP contribution in [0.2, 0.25) is 0 Å². The van der Waals surface area contributed by atoms with Gasteiger partial charge in [-0.1, -0.05) is 0 Å². The number of hydrogen-bond donors (Lipinski definition) is 3. The lowest BCUT2D eigenvalue weighted by Gasteiger charge is -2.36. The van der Waals surface area contributed by atoms with Crippen molar-refractivity contribution in [2.45, 2.75) is 38.3 Å². The summed E-state index contributed by atoms with van der Waals surface area (Å²) >= 11 is 0. The first-order valence-corrected chi connectivity index (χ1v) is 12.4. The number of aromatic amines is 1. The number of benzene rings is 1. The first-order chi connectivity index (χ1) is 17.9. The summed E-state index contributed by atoms with van der Waals surface area (Å²) in [5.74, 6) is 0.00152. The third-order valence-electron chi connectivity index (χ3n) is 6.89. The number of aryl methyl sites for hydroxylation is 1. The number of nitrogens with one attached hydrogen (secondary N) is 2. The number of β-amino-alcohol motifs (C(OH)–C–C–N with tert-alkyl or cyclic N) is 1. The Balaban J connectivity index is 1.40. The number of carbonyl (C=O) groups is 2. The van der Waals surface area contributed by atoms with E-state index < -0.39 is 23.9 Å². The van der Waals surface area contributed by atoms with Crippen LogP contribution in [0.4, 0.5) is 4.39 Å². The molecule has 1 saturated heterocycles. The molecule has 37 heavy (non-hydrogen) atoms. The Morgan fingerprint density at radius 2 is 2.08 bits per heavy atom. The van der Waals surface area contributed by atoms with Gasteiger partial charge in [0.2, 0.25) is 5.91 Å². The second-order valence-electron chi connectivity index (χ2n) is 9.67. The fraction of sp³-hybridized carbons (Fsp3) is 0.462. The third kappa shape index (κ3) is 5.28. The second kappa shape index (κ2) is 10.4. The minimum atomic E-state index is -0.923. The van der Waals surface area contributed by atoms with Crippen molar-refractivity contribution in [2.24, 2.45) is 5.92 Å². The molecule has 5 rings (SSSR count). The fourth-order valence-electron chi connectivity index (χ4n) is 4.69. The third-order valence-corrected chi connectivity index (χ3v) is 6.89. The normalized spacial score (nSPS) is 19.7. The fourth-order valence-corrected chi connectivity index (χ4v) is 4.69. The second-order valence-corrected chi connectivity index (χ2v) is 9.67. The van der Waals surface area contributed by atoms with E-state index >= 15 is 0 Å². The van der Waals surface area contributed by atoms with E-state index in [0.717, 1.165) is 12.8 Å². The molecule has 1 aromatic carbocycles. The van der Waals surface area contributed by atoms with E-state index in [2.05, 4.69) is 20.3 Å². The lowest BCUT2D eigenvalue weighted by atomic mass is 10.0. The van der Waals surface area contributed by atoms with Crippen LogP contribution < -0.4 is 10.1 Å². The van der Waals surface area contributed by atoms with E-state index in [1.807, 2.05) is 0 Å². The predicted molar refractivity (Wildman–Crippen MR) is 133 cm³/mol. The van der Waals surface area contributed by atoms with E-state index in [0.29, 0.717) is 64.8 Å². The van der Waals surface area contributed by atoms with E-state index in [9.17, 15) is 19.1 Å². The molecule has 2 fully saturated rings. The Labute approximate surface area is 213 Å². The number of likely N-dealkylation sites (tertiary alicyclic amines) is 1. The minimum absolute atomic E-state index is 0.0566. The number of H-pyrrole nitrogens is 1. The molecule has 0 spiro atoms. The van der Waals surface area contributed by atoms with Crippen molar-refractivity contribution in [3.63, 3.8) is 0 Å². The summed E-state index contributed by atoms with van der Waals surface area (Å²) in [7, 11) is 1.44. The number of carbonyl (C=O) groups excluding carboxylic acids is 2. The topological polar surface area (TPSA) is 130 Å². The van der Waals surface area contributed by atoms with Crippen LogP contribution in [0, 0.1) is 18.7 Å². The van der Waals surface area contributed by atoms with Crippen molar-refractivity contribution in [3.8, 4) is 17.0 Å². The summed E-state index contributed by atoms with van der Waals surface area (Å²) in [6.45, 7) is 2.75. The molecule has 1 saturated carbocycles. The van der Waals surface area contributed by atoms with Crippen molar-refractivity contribution in [1.29, 1.82) is 0 Å². The molecule has 3 N–H and O–H groups in total. The monoisotopic (exact) mass is 511 g/mol. The molecule has 2 aromatic heterocycles. The first-order valence-electron chi connectivity index (χ1n) is 12.4. The number of aliphatic hydroxyl groups is 1. The lowest BCUT2D eigenvalue weighted by molar-refractivity contribution is -0.138. The Morgan fingerprint density at radius 1 is 1.27 bits per heavy atom. The van der Waals surface area contributed by atoms with E-state index in [4.69, 9.17) is 9.47 Å². The molecule has 196 valence electrons. The van der Waals surface area contributed by atoms with Gasteiger partial charge >= 0.3 is 0 Å². The van der Waals surface area contributed by atoms with Gasteiger partial charge in [-0.15, -0.1) is 0 Å². The van der Waals surface area contributed by atoms with Gasteiger partial charge in [0, 0.05) is 31.5 Å². The van der Waals surface area contributed by atoms with Crippen LogP contribution in [-0.2, 0) is 9.53 Å². The van der Waals surface area contributed by atoms with Gasteiger partial charge in [-0.2, -0.15) is 0 Å². The molecule has 2 aliphatic rings. The number of fused-ring (bicyclic) bond motifs is 1. The summed E-state index contributed by atoms with van der Waals surface area (Å²) in [5, 5.41) is 13.5. The molecule has 3 heterocycles. The molecular formula is C26H30FN5O5. The molecule has 11 heteroatoms. The predicted octanol–water partition coefficient (Wildman–Crippen LogP) is 2.20. The Bertz CT molecular complexity index is 1320. The Kier molecular flexibility index (Phi) is 7.07. The van der Waals surface area contributed by atoms with Crippen LogP contribution in [0.25, 0.3) is 22.3 Å². The average Bonchev–Trinajstić information content (AvgIpc) is 3.64. The summed E-state index contributed by atoms with van der Waals surface area (Å²) in [6, 6.07) is 3.78. The maximum absolute atomic E-state index is 14.2. The maximum atomic E-state index is 14.2. The van der Waals surface area contributed by atoms with Gasteiger partial charge in [0.25, 0.3) is 5.91 Å². The highest BCUT2D eigenvalue weighted by Gasteiger charge is 2.32. The number of piperidine rings is 1. The van der Waals surface area contributed by atoms with Crippen molar-refractivity contribution in [1.82, 2.24) is 25.2 Å². The maximum Gasteiger partial charge on any atom is 0.255 e. The highest BCUT2D eigenvalue weighted by Crippen LogP contribution is 2.36. The minimum Gasteiger partial charge on any atom is -0.493 e. The molecule has 0 bridgehead atoms. The highest BCUT2D eigenvalue weighted by atomic mass is 19.1. The van der Waals surface area contributed by atoms with E-state index in [-0.39, 0.29) is 19.1 Å². The number of amides is 2. The lowest BCUT2D eigenvalue weighted by Crippen LogP contribution is -2.55. The standard InChI is InChI=1S/C26H30FN5O5/c1-14-22(26(35)31-18-7-8-32(10-19(18)33)21(34)12-36-2)24-25(30-14)23(28-13-29-24)17-9-16(27)5-6-20(17)37-11-15-3-4-15/h5-6,9,13,15,18-19,30,33H,3-4,7-8,10-12H2,1-2H3,(H,31,35)/t18?,19-/m1/s1. The summed E-state index contributed by atoms with van der Waals surface area (Å²) in [6.07, 6.45) is 3.06. The average molecular weight is 512 g/mol. The number of aromatic nitrogens is 3. The largest absolute Gasteiger partial charge is 0.493 e. The van der Waals surface area contributed by atoms with E-state index in [1.165, 1.54) is 30.5 Å². The summed E-state index contributed by atoms with van der Waals surface area (Å²) < 4.78 is 25.1. The zero-order valence-electron chi connectivity index (χ0n) is 20.8. The number of aliphatic hydroxyl groups excluding tert-OH is 1. The van der Waals surface area contributed by atoms with Crippen LogP contribution in [-0.4, -0.2) is 82.3 Å². The van der Waals surface area contributed by atoms with Crippen LogP contribution >= 0.6 is 0 Å². The SMILES string of the molecule is COCC(=O)N1CCC(NC(=O)c2c(C)[nH]c3c(-c4cc(F)ccc4OCC4CC4)ncnc23)[C@H](O)C1. The zero-order valence-corrected chi connectivity index (χ0v) is 20.8. The molecular weight excluding hydrogens is 481 g/mol. The number of nitrogens with zero attached hydrogens (tertiary/aromatic N) is 3. The number of hydrogen-bond acceptors (Lipinski definition) is 7. The summed E-state index contributed by atoms with van der Waals surface area (Å²) in [4.78, 5) is 38.9. The van der Waals surface area contributed by atoms with Crippen LogP contribution in [0.1, 0.15) is 35.3 Å². The van der Waals surface area contributed by atoms with Crippen LogP contribution in [0.15, 0.2) is 24.5 Å². The van der Waals surface area contributed by atoms with Gasteiger partial charge in [-0.05, 0) is 50.3 Å². The molecule has 2 amide bonds. The molecule has 1 unspecified atom stereocenters. The molecule has 1 aliphatic carbocycles. The Hall–Kier alpha value is -3.57. The number of rotatable bonds is 8. The Morgan fingerprint density at radius 3 is 2.81 bits per heavy atom. The summed E-state index contributed by atoms with van der Waals surface area (Å²) in [5.41, 5.74) is 2.67. The zero-order chi connectivity index (χ0) is 26.1. The van der Waals surface area contributed by atoms with Crippen molar-refractivity contribution in [2.75, 3.05) is 33.4 Å². The van der Waals surface area contributed by atoms with Crippen molar-refractivity contribution >= 4 is 22.8 Å². The van der Waals surface area contributed by atoms with Gasteiger partial charge in [0.05, 0.1) is 29.8 Å². The number of halogens is 1. The van der Waals surface area contributed by atoms with Gasteiger partial charge in [0.15, 0.2) is 0 Å². The van der Waals surface area contributed by atoms with Gasteiger partial charge in [-0.3, -0.25) is 9.59 Å². The van der Waals surface area contributed by atoms with Crippen LogP contribution in [0.5, 0.6) is 5.75 Å². The van der Waals surface area contributed by atoms with Crippen molar-refractivity contribution in [3.05, 3.63) is 41.6 Å². The van der Waals surface area contributed by atoms with Gasteiger partial charge in [0.1, 0.15) is 35.7 Å². The van der Waals surface area contributed by atoms with Gasteiger partial charge in [-0.25, -0.2) is 14.4 Å². The van der Waals surface area contributed by atoms with Crippen LogP contribution in [0.3, 0.4) is 0 Å². The number of ether oxygens (including phenoxy) is 2. The van der Waals surface area contributed by atoms with Gasteiger partial charge < -0.3 is 29.8 Å². The molecule has 10 nitrogen and oxygen atoms in total. The first kappa shape index (κ1) is 25.1. The van der Waals surface area contributed by atoms with Crippen molar-refractivity contribution < 1.29 is 28.6 Å². The highest BCUT2D eigenvalue weighted by molar-refractivity contribution is 6.09. The molecule has 3 aromatic rings.